The van der Waals surface area contributed by atoms with Gasteiger partial charge in [-0.3, -0.25) is 4.79 Å². The Morgan fingerprint density at radius 2 is 2.05 bits per heavy atom. The van der Waals surface area contributed by atoms with E-state index >= 15 is 0 Å². The lowest BCUT2D eigenvalue weighted by Crippen LogP contribution is -2.54. The number of nitrogens with zero attached hydrogens (tertiary/aromatic N) is 1. The van der Waals surface area contributed by atoms with Crippen LogP contribution in [0.3, 0.4) is 0 Å². The maximum atomic E-state index is 12.4. The summed E-state index contributed by atoms with van der Waals surface area (Å²) in [4.78, 5) is 14.2. The van der Waals surface area contributed by atoms with Crippen LogP contribution in [0, 0.1) is 0 Å². The van der Waals surface area contributed by atoms with Crippen molar-refractivity contribution < 1.29 is 17.9 Å². The van der Waals surface area contributed by atoms with Crippen molar-refractivity contribution in [1.29, 1.82) is 0 Å². The highest BCUT2D eigenvalue weighted by Crippen LogP contribution is 2.31. The van der Waals surface area contributed by atoms with Crippen LogP contribution in [-0.2, 0) is 25.8 Å². The molecule has 0 saturated carbocycles. The van der Waals surface area contributed by atoms with Gasteiger partial charge in [-0.05, 0) is 24.1 Å². The van der Waals surface area contributed by atoms with Gasteiger partial charge in [0.05, 0.1) is 31.1 Å². The summed E-state index contributed by atoms with van der Waals surface area (Å²) in [7, 11) is -3.04. The lowest BCUT2D eigenvalue weighted by molar-refractivity contribution is -0.146. The molecule has 0 aliphatic carbocycles. The van der Waals surface area contributed by atoms with Crippen molar-refractivity contribution in [2.24, 2.45) is 0 Å². The Labute approximate surface area is 135 Å². The lowest BCUT2D eigenvalue weighted by atomic mass is 10.0. The van der Waals surface area contributed by atoms with E-state index < -0.39 is 15.4 Å². The first-order valence-corrected chi connectivity index (χ1v) is 9.44. The third kappa shape index (κ3) is 3.45. The van der Waals surface area contributed by atoms with E-state index in [9.17, 15) is 13.2 Å². The smallest absolute Gasteiger partial charge is 0.227 e. The number of carbonyl (C=O) groups excluding carboxylic acids is 1. The number of halogens is 1. The minimum atomic E-state index is -3.04. The van der Waals surface area contributed by atoms with E-state index in [4.69, 9.17) is 16.3 Å². The van der Waals surface area contributed by atoms with Gasteiger partial charge in [0.15, 0.2) is 9.84 Å². The zero-order valence-electron chi connectivity index (χ0n) is 12.1. The molecule has 2 aliphatic rings. The molecule has 2 fully saturated rings. The van der Waals surface area contributed by atoms with E-state index in [0.717, 1.165) is 5.56 Å². The fourth-order valence-corrected chi connectivity index (χ4v) is 5.15. The van der Waals surface area contributed by atoms with Gasteiger partial charge in [0.2, 0.25) is 5.91 Å². The van der Waals surface area contributed by atoms with Crippen LogP contribution in [0.15, 0.2) is 24.3 Å². The average molecular weight is 344 g/mol. The Bertz CT molecular complexity index is 673. The number of benzene rings is 1. The van der Waals surface area contributed by atoms with E-state index in [1.165, 1.54) is 0 Å². The number of sulfone groups is 1. The molecule has 0 radical (unpaired) electrons. The maximum Gasteiger partial charge on any atom is 0.227 e. The van der Waals surface area contributed by atoms with Gasteiger partial charge in [0, 0.05) is 11.6 Å². The number of rotatable bonds is 2. The molecule has 5 nitrogen and oxygen atoms in total. The van der Waals surface area contributed by atoms with Crippen molar-refractivity contribution in [2.75, 3.05) is 31.2 Å². The van der Waals surface area contributed by atoms with Gasteiger partial charge in [-0.1, -0.05) is 23.7 Å². The Balaban J connectivity index is 1.67. The summed E-state index contributed by atoms with van der Waals surface area (Å²) in [6.45, 7) is 1.26. The van der Waals surface area contributed by atoms with Crippen molar-refractivity contribution in [3.8, 4) is 0 Å². The number of hydrogen-bond acceptors (Lipinski definition) is 4. The highest BCUT2D eigenvalue weighted by Gasteiger charge is 2.47. The largest absolute Gasteiger partial charge is 0.370 e. The van der Waals surface area contributed by atoms with Gasteiger partial charge in [0.25, 0.3) is 0 Å². The molecule has 2 heterocycles. The normalized spacial score (nSPS) is 27.2. The molecule has 7 heteroatoms. The molecule has 1 amide bonds. The second kappa shape index (κ2) is 5.83. The molecular formula is C15H18ClNO4S. The SMILES string of the molecule is O=C(Cc1ccc(Cl)cc1)N1CCOC2(CCS(=O)(=O)C2)C1. The number of hydrogen-bond donors (Lipinski definition) is 0. The van der Waals surface area contributed by atoms with Gasteiger partial charge >= 0.3 is 0 Å². The molecular weight excluding hydrogens is 326 g/mol. The maximum absolute atomic E-state index is 12.4. The minimum Gasteiger partial charge on any atom is -0.370 e. The van der Waals surface area contributed by atoms with Crippen LogP contribution in [0.1, 0.15) is 12.0 Å². The van der Waals surface area contributed by atoms with E-state index in [2.05, 4.69) is 0 Å². The molecule has 2 saturated heterocycles. The molecule has 1 atom stereocenters. The first kappa shape index (κ1) is 15.8. The summed E-state index contributed by atoms with van der Waals surface area (Å²) < 4.78 is 29.1. The van der Waals surface area contributed by atoms with Crippen LogP contribution in [-0.4, -0.2) is 56.0 Å². The van der Waals surface area contributed by atoms with Crippen LogP contribution >= 0.6 is 11.6 Å². The highest BCUT2D eigenvalue weighted by atomic mass is 35.5. The summed E-state index contributed by atoms with van der Waals surface area (Å²) in [5, 5.41) is 0.637. The van der Waals surface area contributed by atoms with Crippen LogP contribution in [0.25, 0.3) is 0 Å². The fourth-order valence-electron chi connectivity index (χ4n) is 3.07. The van der Waals surface area contributed by atoms with Gasteiger partial charge in [-0.2, -0.15) is 0 Å². The topological polar surface area (TPSA) is 63.7 Å². The molecule has 120 valence electrons. The summed E-state index contributed by atoms with van der Waals surface area (Å²) in [6.07, 6.45) is 0.764. The molecule has 1 unspecified atom stereocenters. The number of ether oxygens (including phenoxy) is 1. The van der Waals surface area contributed by atoms with Crippen molar-refractivity contribution >= 4 is 27.3 Å². The quantitative estimate of drug-likeness (QED) is 0.812. The second-order valence-electron chi connectivity index (χ2n) is 5.99. The molecule has 0 N–H and O–H groups in total. The predicted octanol–water partition coefficient (Wildman–Crippen LogP) is 1.30. The van der Waals surface area contributed by atoms with E-state index in [1.807, 2.05) is 12.1 Å². The van der Waals surface area contributed by atoms with Crippen molar-refractivity contribution in [2.45, 2.75) is 18.4 Å². The lowest BCUT2D eigenvalue weighted by Gasteiger charge is -2.39. The molecule has 3 rings (SSSR count). The van der Waals surface area contributed by atoms with Gasteiger partial charge in [-0.25, -0.2) is 8.42 Å². The number of carbonyl (C=O) groups is 1. The Hall–Kier alpha value is -1.11. The summed E-state index contributed by atoms with van der Waals surface area (Å²) in [5.41, 5.74) is 0.196. The van der Waals surface area contributed by atoms with Crippen molar-refractivity contribution in [1.82, 2.24) is 4.90 Å². The monoisotopic (exact) mass is 343 g/mol. The summed E-state index contributed by atoms with van der Waals surface area (Å²) in [5.74, 6) is 0.158. The molecule has 1 aromatic rings. The van der Waals surface area contributed by atoms with Gasteiger partial charge < -0.3 is 9.64 Å². The molecule has 1 aromatic carbocycles. The van der Waals surface area contributed by atoms with Gasteiger partial charge in [-0.15, -0.1) is 0 Å². The fraction of sp³-hybridized carbons (Fsp3) is 0.533. The van der Waals surface area contributed by atoms with E-state index in [0.29, 0.717) is 37.6 Å². The molecule has 1 spiro atoms. The molecule has 0 bridgehead atoms. The Morgan fingerprint density at radius 1 is 1.32 bits per heavy atom. The van der Waals surface area contributed by atoms with Crippen molar-refractivity contribution in [3.05, 3.63) is 34.9 Å². The van der Waals surface area contributed by atoms with Gasteiger partial charge in [0.1, 0.15) is 5.60 Å². The van der Waals surface area contributed by atoms with Crippen LogP contribution in [0.4, 0.5) is 0 Å². The summed E-state index contributed by atoms with van der Waals surface area (Å²) >= 11 is 5.84. The Morgan fingerprint density at radius 3 is 2.68 bits per heavy atom. The van der Waals surface area contributed by atoms with E-state index in [1.54, 1.807) is 17.0 Å². The average Bonchev–Trinajstić information content (AvgIpc) is 2.76. The zero-order chi connectivity index (χ0) is 15.8. The number of amides is 1. The van der Waals surface area contributed by atoms with Crippen molar-refractivity contribution in [3.63, 3.8) is 0 Å². The van der Waals surface area contributed by atoms with E-state index in [-0.39, 0.29) is 17.4 Å². The zero-order valence-corrected chi connectivity index (χ0v) is 13.7. The first-order valence-electron chi connectivity index (χ1n) is 7.24. The third-order valence-corrected chi connectivity index (χ3v) is 6.27. The second-order valence-corrected chi connectivity index (χ2v) is 8.61. The molecule has 2 aliphatic heterocycles. The summed E-state index contributed by atoms with van der Waals surface area (Å²) in [6, 6.07) is 7.18. The molecule has 22 heavy (non-hydrogen) atoms. The minimum absolute atomic E-state index is 0.00528. The standard InChI is InChI=1S/C15H18ClNO4S/c16-13-3-1-12(2-4-13)9-14(18)17-6-7-21-15(10-17)5-8-22(19,20)11-15/h1-4H,5-11H2. The number of morpholine rings is 1. The highest BCUT2D eigenvalue weighted by molar-refractivity contribution is 7.91. The van der Waals surface area contributed by atoms with Crippen LogP contribution < -0.4 is 0 Å². The molecule has 0 aromatic heterocycles. The van der Waals surface area contributed by atoms with Crippen LogP contribution in [0.2, 0.25) is 5.02 Å². The first-order chi connectivity index (χ1) is 10.4. The predicted molar refractivity (Wildman–Crippen MR) is 83.7 cm³/mol. The van der Waals surface area contributed by atoms with Crippen LogP contribution in [0.5, 0.6) is 0 Å². The third-order valence-electron chi connectivity index (χ3n) is 4.22. The Kier molecular flexibility index (Phi) is 4.18.